The molecule has 4 heterocycles. The molecular weight excluding hydrogens is 624 g/mol. The molecule has 13 heteroatoms. The second-order valence-corrected chi connectivity index (χ2v) is 12.7. The van der Waals surface area contributed by atoms with Gasteiger partial charge in [-0.1, -0.05) is 28.9 Å². The summed E-state index contributed by atoms with van der Waals surface area (Å²) in [5.41, 5.74) is 2.36. The van der Waals surface area contributed by atoms with Gasteiger partial charge in [0.25, 0.3) is 5.91 Å². The lowest BCUT2D eigenvalue weighted by Crippen LogP contribution is -2.46. The van der Waals surface area contributed by atoms with Crippen molar-refractivity contribution in [3.63, 3.8) is 0 Å². The van der Waals surface area contributed by atoms with E-state index in [1.807, 2.05) is 48.5 Å². The number of anilines is 3. The second kappa shape index (κ2) is 12.5. The number of ether oxygens (including phenoxy) is 4. The normalized spacial score (nSPS) is 22.5. The van der Waals surface area contributed by atoms with Crippen molar-refractivity contribution in [1.82, 2.24) is 15.0 Å². The van der Waals surface area contributed by atoms with Gasteiger partial charge in [-0.25, -0.2) is 14.4 Å². The Hall–Kier alpha value is -4.65. The van der Waals surface area contributed by atoms with Gasteiger partial charge in [0.05, 0.1) is 18.5 Å². The molecule has 12 nitrogen and oxygen atoms in total. The molecule has 0 bridgehead atoms. The zero-order valence-corrected chi connectivity index (χ0v) is 26.9. The van der Waals surface area contributed by atoms with Crippen LogP contribution >= 0.6 is 11.6 Å². The van der Waals surface area contributed by atoms with Crippen LogP contribution in [0.2, 0.25) is 5.02 Å². The summed E-state index contributed by atoms with van der Waals surface area (Å²) >= 11 is 6.13. The van der Waals surface area contributed by atoms with E-state index in [-0.39, 0.29) is 12.0 Å². The summed E-state index contributed by atoms with van der Waals surface area (Å²) in [7, 11) is 0. The highest BCUT2D eigenvalue weighted by molar-refractivity contribution is 6.30. The number of carbonyl (C=O) groups is 2. The molecule has 3 fully saturated rings. The van der Waals surface area contributed by atoms with Crippen LogP contribution in [0.3, 0.4) is 0 Å². The number of cyclic esters (lactones) is 1. The molecule has 1 aromatic heterocycles. The van der Waals surface area contributed by atoms with Crippen LogP contribution in [0, 0.1) is 0 Å². The van der Waals surface area contributed by atoms with Crippen molar-refractivity contribution in [3.8, 4) is 5.75 Å². The van der Waals surface area contributed by atoms with E-state index in [1.54, 1.807) is 43.1 Å². The van der Waals surface area contributed by atoms with Crippen LogP contribution in [0.15, 0.2) is 85.2 Å². The second-order valence-electron chi connectivity index (χ2n) is 12.2. The van der Waals surface area contributed by atoms with Gasteiger partial charge in [-0.15, -0.1) is 5.10 Å². The third-order valence-corrected chi connectivity index (χ3v) is 8.87. The van der Waals surface area contributed by atoms with Crippen molar-refractivity contribution < 1.29 is 28.5 Å². The zero-order valence-electron chi connectivity index (χ0n) is 26.1. The average molecular weight is 659 g/mol. The molecule has 3 saturated heterocycles. The fourth-order valence-corrected chi connectivity index (χ4v) is 6.19. The minimum Gasteiger partial charge on any atom is -0.491 e. The highest BCUT2D eigenvalue weighted by atomic mass is 35.5. The molecule has 0 aliphatic carbocycles. The number of hydrogen-bond acceptors (Lipinski definition) is 10. The molecule has 2 atom stereocenters. The predicted octanol–water partition coefficient (Wildman–Crippen LogP) is 4.87. The van der Waals surface area contributed by atoms with Gasteiger partial charge in [-0.3, -0.25) is 4.79 Å². The summed E-state index contributed by atoms with van der Waals surface area (Å²) in [6.45, 7) is 7.58. The third kappa shape index (κ3) is 6.36. The smallest absolute Gasteiger partial charge is 0.422 e. The van der Waals surface area contributed by atoms with E-state index in [1.165, 1.54) is 0 Å². The Morgan fingerprint density at radius 3 is 2.06 bits per heavy atom. The van der Waals surface area contributed by atoms with Crippen molar-refractivity contribution in [3.05, 3.63) is 95.8 Å². The number of hydrogen-bond donors (Lipinski definition) is 0. The number of carbonyl (C=O) groups excluding carboxylic acids is 2. The SMILES string of the molecule is CC1(C)OC(=O)N(c2ccc(N3CCN(c4ccc(OC[C@@H]5CO[C@@](Cn6ccnn6)(c6ccc(Cl)cc6)O5)cc4)CC3)cc2)C1=O. The molecule has 0 unspecified atom stereocenters. The lowest BCUT2D eigenvalue weighted by atomic mass is 10.1. The van der Waals surface area contributed by atoms with E-state index < -0.39 is 17.5 Å². The monoisotopic (exact) mass is 658 g/mol. The van der Waals surface area contributed by atoms with Crippen molar-refractivity contribution in [2.75, 3.05) is 54.1 Å². The number of halogens is 1. The summed E-state index contributed by atoms with van der Waals surface area (Å²) in [5.74, 6) is -0.643. The van der Waals surface area contributed by atoms with Crippen LogP contribution in [-0.2, 0) is 31.3 Å². The lowest BCUT2D eigenvalue weighted by molar-refractivity contribution is -0.191. The molecule has 7 rings (SSSR count). The highest BCUT2D eigenvalue weighted by Crippen LogP contribution is 2.37. The number of amides is 2. The van der Waals surface area contributed by atoms with Gasteiger partial charge in [-0.05, 0) is 74.5 Å². The molecule has 4 aromatic rings. The number of piperazine rings is 1. The van der Waals surface area contributed by atoms with Crippen LogP contribution < -0.4 is 19.4 Å². The maximum atomic E-state index is 12.6. The first-order valence-corrected chi connectivity index (χ1v) is 15.9. The maximum absolute atomic E-state index is 12.6. The Morgan fingerprint density at radius 1 is 0.872 bits per heavy atom. The summed E-state index contributed by atoms with van der Waals surface area (Å²) in [6, 6.07) is 23.0. The Kier molecular flexibility index (Phi) is 8.25. The van der Waals surface area contributed by atoms with Gasteiger partial charge in [0, 0.05) is 54.3 Å². The first-order valence-electron chi connectivity index (χ1n) is 15.5. The van der Waals surface area contributed by atoms with Gasteiger partial charge in [-0.2, -0.15) is 0 Å². The van der Waals surface area contributed by atoms with Gasteiger partial charge < -0.3 is 28.7 Å². The Labute approximate surface area is 277 Å². The van der Waals surface area contributed by atoms with Gasteiger partial charge in [0.15, 0.2) is 5.60 Å². The fraction of sp³-hybridized carbons (Fsp3) is 0.353. The van der Waals surface area contributed by atoms with Crippen molar-refractivity contribution in [2.24, 2.45) is 0 Å². The van der Waals surface area contributed by atoms with E-state index in [9.17, 15) is 9.59 Å². The van der Waals surface area contributed by atoms with Gasteiger partial charge in [0.2, 0.25) is 5.79 Å². The van der Waals surface area contributed by atoms with E-state index in [2.05, 4.69) is 32.2 Å². The zero-order chi connectivity index (χ0) is 32.6. The van der Waals surface area contributed by atoms with Crippen molar-refractivity contribution in [2.45, 2.75) is 37.9 Å². The molecule has 2 amide bonds. The largest absolute Gasteiger partial charge is 0.491 e. The average Bonchev–Trinajstić information content (AvgIpc) is 3.79. The molecule has 47 heavy (non-hydrogen) atoms. The molecule has 0 spiro atoms. The number of aromatic nitrogens is 3. The molecule has 3 aliphatic rings. The quantitative estimate of drug-likeness (QED) is 0.247. The van der Waals surface area contributed by atoms with E-state index >= 15 is 0 Å². The molecule has 3 aliphatic heterocycles. The molecule has 244 valence electrons. The molecule has 0 saturated carbocycles. The Morgan fingerprint density at radius 2 is 1.49 bits per heavy atom. The van der Waals surface area contributed by atoms with Crippen LogP contribution in [0.1, 0.15) is 19.4 Å². The highest BCUT2D eigenvalue weighted by Gasteiger charge is 2.48. The van der Waals surface area contributed by atoms with Crippen LogP contribution in [-0.4, -0.2) is 78.1 Å². The fourth-order valence-electron chi connectivity index (χ4n) is 6.07. The molecule has 3 aromatic carbocycles. The van der Waals surface area contributed by atoms with E-state index in [4.69, 9.17) is 30.5 Å². The standard InChI is InChI=1S/C34H35ClN6O6/c1-33(2)31(42)41(32(43)47-33)28-9-7-26(8-10-28)38-17-19-39(20-18-38)27-11-13-29(14-12-27)44-21-30-22-45-34(46-30,23-40-16-15-36-37-40)24-3-5-25(35)6-4-24/h3-16,30H,17-23H2,1-2H3/t30-,34-/m1/s1. The first-order chi connectivity index (χ1) is 22.7. The molecule has 0 radical (unpaired) electrons. The molecular formula is C34H35ClN6O6. The third-order valence-electron chi connectivity index (χ3n) is 8.62. The van der Waals surface area contributed by atoms with Crippen LogP contribution in [0.4, 0.5) is 21.9 Å². The minimum atomic E-state index is -1.15. The van der Waals surface area contributed by atoms with Crippen LogP contribution in [0.5, 0.6) is 5.75 Å². The van der Waals surface area contributed by atoms with Crippen molar-refractivity contribution in [1.29, 1.82) is 0 Å². The van der Waals surface area contributed by atoms with Crippen molar-refractivity contribution >= 4 is 40.7 Å². The summed E-state index contributed by atoms with van der Waals surface area (Å²) in [4.78, 5) is 30.6. The number of rotatable bonds is 9. The Bertz CT molecular complexity index is 1710. The van der Waals surface area contributed by atoms with E-state index in [0.717, 1.165) is 53.8 Å². The first kappa shape index (κ1) is 31.0. The molecule has 0 N–H and O–H groups in total. The van der Waals surface area contributed by atoms with E-state index in [0.29, 0.717) is 30.5 Å². The minimum absolute atomic E-state index is 0.285. The predicted molar refractivity (Wildman–Crippen MR) is 175 cm³/mol. The summed E-state index contributed by atoms with van der Waals surface area (Å²) in [5, 5.41) is 8.64. The number of benzene rings is 3. The Balaban J connectivity index is 0.916. The topological polar surface area (TPSA) is 111 Å². The van der Waals surface area contributed by atoms with Gasteiger partial charge in [0.1, 0.15) is 25.0 Å². The number of nitrogens with zero attached hydrogens (tertiary/aromatic N) is 6. The van der Waals surface area contributed by atoms with Gasteiger partial charge >= 0.3 is 6.09 Å². The summed E-state index contributed by atoms with van der Waals surface area (Å²) < 4.78 is 25.7. The van der Waals surface area contributed by atoms with Crippen LogP contribution in [0.25, 0.3) is 0 Å². The lowest BCUT2D eigenvalue weighted by Gasteiger charge is -2.37. The number of imide groups is 1. The summed E-state index contributed by atoms with van der Waals surface area (Å²) in [6.07, 6.45) is 2.46. The maximum Gasteiger partial charge on any atom is 0.422 e.